The van der Waals surface area contributed by atoms with Gasteiger partial charge in [0.05, 0.1) is 23.3 Å². The van der Waals surface area contributed by atoms with E-state index in [2.05, 4.69) is 69.5 Å². The van der Waals surface area contributed by atoms with Crippen molar-refractivity contribution in [2.45, 2.75) is 84.7 Å². The van der Waals surface area contributed by atoms with E-state index < -0.39 is 0 Å². The average molecular weight is 553 g/mol. The van der Waals surface area contributed by atoms with Crippen LogP contribution in [0.1, 0.15) is 99.3 Å². The predicted molar refractivity (Wildman–Crippen MR) is 156 cm³/mol. The number of rotatable bonds is 5. The van der Waals surface area contributed by atoms with Gasteiger partial charge in [-0.1, -0.05) is 50.5 Å². The summed E-state index contributed by atoms with van der Waals surface area (Å²) in [6, 6.07) is 8.66. The molecule has 0 unspecified atom stereocenters. The second kappa shape index (κ2) is 10.2. The van der Waals surface area contributed by atoms with E-state index in [-0.39, 0.29) is 29.2 Å². The molecular formula is C31H36N8O2. The monoisotopic (exact) mass is 552 g/mol. The van der Waals surface area contributed by atoms with E-state index in [4.69, 9.17) is 9.51 Å². The zero-order chi connectivity index (χ0) is 28.9. The van der Waals surface area contributed by atoms with Crippen molar-refractivity contribution in [1.29, 1.82) is 0 Å². The Hall–Kier alpha value is -4.34. The number of aromatic nitrogens is 7. The minimum absolute atomic E-state index is 0.0701. The zero-order valence-corrected chi connectivity index (χ0v) is 24.4. The minimum Gasteiger partial charge on any atom is -0.342 e. The highest BCUT2D eigenvalue weighted by Gasteiger charge is 2.27. The Labute approximate surface area is 239 Å². The maximum Gasteiger partial charge on any atom is 0.293 e. The first-order chi connectivity index (χ1) is 19.6. The number of carbonyl (C=O) groups excluding carboxylic acids is 1. The third-order valence-electron chi connectivity index (χ3n) is 7.78. The van der Waals surface area contributed by atoms with Gasteiger partial charge in [-0.15, -0.1) is 0 Å². The fourth-order valence-corrected chi connectivity index (χ4v) is 5.60. The van der Waals surface area contributed by atoms with Crippen molar-refractivity contribution in [2.75, 3.05) is 0 Å². The van der Waals surface area contributed by atoms with Crippen LogP contribution in [-0.2, 0) is 11.8 Å². The molecule has 0 radical (unpaired) electrons. The summed E-state index contributed by atoms with van der Waals surface area (Å²) in [5.74, 6) is 0.963. The number of benzene rings is 1. The fourth-order valence-electron chi connectivity index (χ4n) is 5.60. The molecule has 1 aliphatic rings. The molecule has 0 aliphatic heterocycles. The van der Waals surface area contributed by atoms with Gasteiger partial charge < -0.3 is 14.8 Å². The smallest absolute Gasteiger partial charge is 0.293 e. The molecule has 1 amide bonds. The van der Waals surface area contributed by atoms with Crippen molar-refractivity contribution in [3.63, 3.8) is 0 Å². The molecule has 0 saturated carbocycles. The number of aromatic amines is 1. The summed E-state index contributed by atoms with van der Waals surface area (Å²) in [5.41, 5.74) is 7.76. The van der Waals surface area contributed by atoms with Gasteiger partial charge in [0.15, 0.2) is 5.65 Å². The Kier molecular flexibility index (Phi) is 6.71. The van der Waals surface area contributed by atoms with Gasteiger partial charge in [0, 0.05) is 28.9 Å². The number of imidazole rings is 1. The number of hydrogen-bond donors (Lipinski definition) is 2. The number of amides is 1. The number of H-pyrrole nitrogens is 1. The molecule has 4 aromatic heterocycles. The second-order valence-electron chi connectivity index (χ2n) is 12.2. The zero-order valence-electron chi connectivity index (χ0n) is 24.4. The quantitative estimate of drug-likeness (QED) is 0.247. The van der Waals surface area contributed by atoms with Gasteiger partial charge in [0.1, 0.15) is 5.82 Å². The molecule has 0 bridgehead atoms. The molecule has 41 heavy (non-hydrogen) atoms. The van der Waals surface area contributed by atoms with Crippen LogP contribution < -0.4 is 5.32 Å². The molecule has 6 rings (SSSR count). The standard InChI is InChI=1S/C31H36N8O2/c1-17(2)39-18(3)23(16-33-39)26-35-25-22(13-14-32-27(25)36-26)20-11-12-21-19(15-20)9-7-8-10-24(21)34-29(40)28-37-30(41-38-28)31(4,5)6/h11-17,24H,7-10H2,1-6H3,(H,34,40)(H,32,35,36)/t24-/m1/s1. The lowest BCUT2D eigenvalue weighted by Gasteiger charge is -2.19. The van der Waals surface area contributed by atoms with E-state index in [1.807, 2.05) is 37.7 Å². The Balaban J connectivity index is 1.31. The van der Waals surface area contributed by atoms with Gasteiger partial charge >= 0.3 is 0 Å². The van der Waals surface area contributed by atoms with E-state index >= 15 is 0 Å². The maximum atomic E-state index is 13.1. The van der Waals surface area contributed by atoms with Crippen molar-refractivity contribution in [2.24, 2.45) is 0 Å². The minimum atomic E-state index is -0.320. The number of hydrogen-bond acceptors (Lipinski definition) is 7. The number of nitrogens with zero attached hydrogens (tertiary/aromatic N) is 6. The van der Waals surface area contributed by atoms with Crippen molar-refractivity contribution in [1.82, 2.24) is 40.2 Å². The van der Waals surface area contributed by atoms with Crippen LogP contribution in [0.5, 0.6) is 0 Å². The van der Waals surface area contributed by atoms with Gasteiger partial charge in [0.2, 0.25) is 5.89 Å². The predicted octanol–water partition coefficient (Wildman–Crippen LogP) is 6.26. The summed E-state index contributed by atoms with van der Waals surface area (Å²) in [6.45, 7) is 12.2. The van der Waals surface area contributed by atoms with Crippen molar-refractivity contribution >= 4 is 17.1 Å². The molecule has 10 nitrogen and oxygen atoms in total. The van der Waals surface area contributed by atoms with Crippen LogP contribution in [0.2, 0.25) is 0 Å². The number of carbonyl (C=O) groups is 1. The lowest BCUT2D eigenvalue weighted by atomic mass is 9.94. The first-order valence-electron chi connectivity index (χ1n) is 14.3. The molecule has 212 valence electrons. The summed E-state index contributed by atoms with van der Waals surface area (Å²) in [5, 5.41) is 11.6. The van der Waals surface area contributed by atoms with E-state index in [9.17, 15) is 4.79 Å². The highest BCUT2D eigenvalue weighted by atomic mass is 16.5. The second-order valence-corrected chi connectivity index (χ2v) is 12.2. The summed E-state index contributed by atoms with van der Waals surface area (Å²) in [7, 11) is 0. The van der Waals surface area contributed by atoms with Gasteiger partial charge in [-0.05, 0) is 62.8 Å². The Morgan fingerprint density at radius 2 is 1.98 bits per heavy atom. The summed E-state index contributed by atoms with van der Waals surface area (Å²) in [4.78, 5) is 30.3. The van der Waals surface area contributed by atoms with E-state index in [0.717, 1.165) is 65.0 Å². The van der Waals surface area contributed by atoms with Crippen LogP contribution in [-0.4, -0.2) is 40.8 Å². The Bertz CT molecular complexity index is 1740. The van der Waals surface area contributed by atoms with E-state index in [0.29, 0.717) is 11.5 Å². The van der Waals surface area contributed by atoms with Crippen LogP contribution in [0, 0.1) is 6.92 Å². The van der Waals surface area contributed by atoms with Gasteiger partial charge in [-0.3, -0.25) is 9.48 Å². The van der Waals surface area contributed by atoms with Crippen LogP contribution in [0.3, 0.4) is 0 Å². The van der Waals surface area contributed by atoms with E-state index in [1.54, 1.807) is 6.20 Å². The molecule has 10 heteroatoms. The Morgan fingerprint density at radius 3 is 2.71 bits per heavy atom. The van der Waals surface area contributed by atoms with Crippen LogP contribution in [0.25, 0.3) is 33.7 Å². The molecule has 4 heterocycles. The normalized spacial score (nSPS) is 15.7. The molecule has 5 aromatic rings. The molecule has 0 fully saturated rings. The molecule has 0 spiro atoms. The molecule has 0 saturated heterocycles. The lowest BCUT2D eigenvalue weighted by molar-refractivity contribution is 0.0921. The largest absolute Gasteiger partial charge is 0.342 e. The summed E-state index contributed by atoms with van der Waals surface area (Å²) in [6.07, 6.45) is 7.54. The molecule has 2 N–H and O–H groups in total. The third kappa shape index (κ3) is 5.03. The summed E-state index contributed by atoms with van der Waals surface area (Å²) >= 11 is 0. The number of aryl methyl sites for hydroxylation is 1. The summed E-state index contributed by atoms with van der Waals surface area (Å²) < 4.78 is 7.34. The van der Waals surface area contributed by atoms with Crippen LogP contribution in [0.15, 0.2) is 41.2 Å². The SMILES string of the molecule is Cc1c(-c2nc3nccc(-c4ccc5c(c4)CCCC[C@H]5NC(=O)c4noc(C(C)(C)C)n4)c3[nH]2)cnn1C(C)C. The average Bonchev–Trinajstić information content (AvgIpc) is 3.65. The number of nitrogens with one attached hydrogen (secondary N) is 2. The molecule has 1 aromatic carbocycles. The van der Waals surface area contributed by atoms with E-state index in [1.165, 1.54) is 5.56 Å². The topological polar surface area (TPSA) is 127 Å². The van der Waals surface area contributed by atoms with Crippen molar-refractivity contribution in [3.05, 3.63) is 65.2 Å². The van der Waals surface area contributed by atoms with Crippen LogP contribution >= 0.6 is 0 Å². The number of pyridine rings is 1. The molecule has 1 aliphatic carbocycles. The highest BCUT2D eigenvalue weighted by molar-refractivity contribution is 5.92. The molecule has 1 atom stereocenters. The first-order valence-corrected chi connectivity index (χ1v) is 14.3. The van der Waals surface area contributed by atoms with Crippen LogP contribution in [0.4, 0.5) is 0 Å². The first kappa shape index (κ1) is 26.9. The maximum absolute atomic E-state index is 13.1. The van der Waals surface area contributed by atoms with Crippen molar-refractivity contribution < 1.29 is 9.32 Å². The third-order valence-corrected chi connectivity index (χ3v) is 7.78. The molecular weight excluding hydrogens is 516 g/mol. The fraction of sp³-hybridized carbons (Fsp3) is 0.419. The number of fused-ring (bicyclic) bond motifs is 2. The van der Waals surface area contributed by atoms with Gasteiger partial charge in [0.25, 0.3) is 11.7 Å². The van der Waals surface area contributed by atoms with Gasteiger partial charge in [-0.25, -0.2) is 9.97 Å². The van der Waals surface area contributed by atoms with Gasteiger partial charge in [-0.2, -0.15) is 10.1 Å². The lowest BCUT2D eigenvalue weighted by Crippen LogP contribution is -2.29. The van der Waals surface area contributed by atoms with Crippen molar-refractivity contribution in [3.8, 4) is 22.5 Å². The highest BCUT2D eigenvalue weighted by Crippen LogP contribution is 2.35. The Morgan fingerprint density at radius 1 is 1.15 bits per heavy atom.